The van der Waals surface area contributed by atoms with Gasteiger partial charge in [-0.05, 0) is 31.5 Å². The fraction of sp³-hybridized carbons (Fsp3) is 0.263. The summed E-state index contributed by atoms with van der Waals surface area (Å²) in [7, 11) is 0. The quantitative estimate of drug-likeness (QED) is 0.659. The van der Waals surface area contributed by atoms with E-state index in [1.54, 1.807) is 37.3 Å². The first-order chi connectivity index (χ1) is 13.0. The largest absolute Gasteiger partial charge is 0.462 e. The van der Waals surface area contributed by atoms with Crippen molar-refractivity contribution < 1.29 is 14.3 Å². The van der Waals surface area contributed by atoms with Crippen molar-refractivity contribution in [3.8, 4) is 0 Å². The number of benzene rings is 1. The Balaban J connectivity index is 1.82. The number of carbonyl (C=O) groups excluding carboxylic acids is 2. The van der Waals surface area contributed by atoms with E-state index in [1.807, 2.05) is 6.92 Å². The Hall–Kier alpha value is -3.00. The summed E-state index contributed by atoms with van der Waals surface area (Å²) in [6.45, 7) is 3.75. The van der Waals surface area contributed by atoms with Gasteiger partial charge in [0.1, 0.15) is 11.5 Å². The number of nitrogens with one attached hydrogen (secondary N) is 1. The summed E-state index contributed by atoms with van der Waals surface area (Å²) in [6.07, 6.45) is 2.09. The summed E-state index contributed by atoms with van der Waals surface area (Å²) >= 11 is 1.32. The normalized spacial score (nSPS) is 10.7. The maximum Gasteiger partial charge on any atom is 0.341 e. The number of para-hydroxylation sites is 1. The van der Waals surface area contributed by atoms with E-state index in [2.05, 4.69) is 10.3 Å². The van der Waals surface area contributed by atoms with Gasteiger partial charge in [-0.3, -0.25) is 14.2 Å². The van der Waals surface area contributed by atoms with Crippen LogP contribution >= 0.6 is 11.3 Å². The van der Waals surface area contributed by atoms with Crippen LogP contribution in [0.15, 0.2) is 41.5 Å². The Bertz CT molecular complexity index is 1050. The first-order valence-electron chi connectivity index (χ1n) is 8.57. The predicted molar refractivity (Wildman–Crippen MR) is 104 cm³/mol. The van der Waals surface area contributed by atoms with Crippen LogP contribution in [0.5, 0.6) is 0 Å². The van der Waals surface area contributed by atoms with E-state index < -0.39 is 11.9 Å². The number of rotatable bonds is 6. The molecule has 0 radical (unpaired) electrons. The van der Waals surface area contributed by atoms with Crippen LogP contribution in [0.2, 0.25) is 0 Å². The third-order valence-corrected chi connectivity index (χ3v) is 5.12. The second kappa shape index (κ2) is 8.13. The minimum atomic E-state index is -0.478. The van der Waals surface area contributed by atoms with Crippen LogP contribution in [0, 0.1) is 0 Å². The fourth-order valence-electron chi connectivity index (χ4n) is 2.61. The molecule has 1 amide bonds. The van der Waals surface area contributed by atoms with Gasteiger partial charge in [0.2, 0.25) is 5.91 Å². The van der Waals surface area contributed by atoms with Crippen LogP contribution < -0.4 is 10.9 Å². The first-order valence-corrected chi connectivity index (χ1v) is 9.39. The van der Waals surface area contributed by atoms with Gasteiger partial charge < -0.3 is 10.1 Å². The number of fused-ring (bicyclic) bond motifs is 1. The van der Waals surface area contributed by atoms with E-state index in [4.69, 9.17) is 4.74 Å². The molecule has 0 saturated heterocycles. The number of thiophene rings is 1. The molecule has 3 rings (SSSR count). The topological polar surface area (TPSA) is 90.3 Å². The lowest BCUT2D eigenvalue weighted by atomic mass is 10.2. The van der Waals surface area contributed by atoms with Gasteiger partial charge >= 0.3 is 5.97 Å². The Morgan fingerprint density at radius 1 is 1.26 bits per heavy atom. The molecule has 0 saturated carbocycles. The average Bonchev–Trinajstić information content (AvgIpc) is 3.07. The number of hydrogen-bond acceptors (Lipinski definition) is 6. The highest BCUT2D eigenvalue weighted by Crippen LogP contribution is 2.29. The molecular formula is C19H19N3O4S. The molecule has 0 bridgehead atoms. The van der Waals surface area contributed by atoms with Gasteiger partial charge in [-0.2, -0.15) is 0 Å². The van der Waals surface area contributed by atoms with Crippen LogP contribution in [0.4, 0.5) is 5.00 Å². The number of ether oxygens (including phenoxy) is 1. The van der Waals surface area contributed by atoms with Crippen LogP contribution in [-0.2, 0) is 22.5 Å². The molecule has 1 N–H and O–H groups in total. The highest BCUT2D eigenvalue weighted by atomic mass is 32.1. The SMILES string of the molecule is CCOC(=O)c1cc(CC)sc1NC(=O)Cn1cnc2ccccc2c1=O. The zero-order chi connectivity index (χ0) is 19.4. The van der Waals surface area contributed by atoms with Crippen molar-refractivity contribution in [1.82, 2.24) is 9.55 Å². The molecule has 1 aromatic carbocycles. The van der Waals surface area contributed by atoms with E-state index in [0.29, 0.717) is 21.5 Å². The van der Waals surface area contributed by atoms with Gasteiger partial charge in [-0.1, -0.05) is 19.1 Å². The van der Waals surface area contributed by atoms with Gasteiger partial charge in [-0.25, -0.2) is 9.78 Å². The lowest BCUT2D eigenvalue weighted by molar-refractivity contribution is -0.116. The Kier molecular flexibility index (Phi) is 5.66. The number of hydrogen-bond donors (Lipinski definition) is 1. The Labute approximate surface area is 159 Å². The molecule has 2 heterocycles. The molecule has 27 heavy (non-hydrogen) atoms. The van der Waals surface area contributed by atoms with Gasteiger partial charge in [0.05, 0.1) is 29.4 Å². The first kappa shape index (κ1) is 18.8. The summed E-state index contributed by atoms with van der Waals surface area (Å²) < 4.78 is 6.29. The lowest BCUT2D eigenvalue weighted by Gasteiger charge is -2.08. The van der Waals surface area contributed by atoms with Gasteiger partial charge in [-0.15, -0.1) is 11.3 Å². The Morgan fingerprint density at radius 3 is 2.78 bits per heavy atom. The molecule has 0 aliphatic heterocycles. The van der Waals surface area contributed by atoms with Crippen molar-refractivity contribution in [3.63, 3.8) is 0 Å². The van der Waals surface area contributed by atoms with E-state index in [0.717, 1.165) is 11.3 Å². The van der Waals surface area contributed by atoms with Crippen molar-refractivity contribution in [2.24, 2.45) is 0 Å². The second-order valence-electron chi connectivity index (χ2n) is 5.77. The summed E-state index contributed by atoms with van der Waals surface area (Å²) in [4.78, 5) is 42.2. The van der Waals surface area contributed by atoms with Crippen molar-refractivity contribution in [2.45, 2.75) is 26.8 Å². The Morgan fingerprint density at radius 2 is 2.04 bits per heavy atom. The minimum Gasteiger partial charge on any atom is -0.462 e. The average molecular weight is 385 g/mol. The van der Waals surface area contributed by atoms with Gasteiger partial charge in [0, 0.05) is 4.88 Å². The summed E-state index contributed by atoms with van der Waals surface area (Å²) in [5, 5.41) is 3.60. The monoisotopic (exact) mass is 385 g/mol. The van der Waals surface area contributed by atoms with Crippen LogP contribution in [0.25, 0.3) is 10.9 Å². The minimum absolute atomic E-state index is 0.196. The van der Waals surface area contributed by atoms with E-state index >= 15 is 0 Å². The lowest BCUT2D eigenvalue weighted by Crippen LogP contribution is -2.28. The molecule has 3 aromatic rings. The number of esters is 1. The molecule has 0 aliphatic rings. The second-order valence-corrected chi connectivity index (χ2v) is 6.91. The fourth-order valence-corrected chi connectivity index (χ4v) is 3.61. The van der Waals surface area contributed by atoms with Crippen molar-refractivity contribution in [2.75, 3.05) is 11.9 Å². The molecule has 0 fully saturated rings. The maximum absolute atomic E-state index is 12.5. The highest BCUT2D eigenvalue weighted by molar-refractivity contribution is 7.16. The number of aryl methyl sites for hydroxylation is 1. The smallest absolute Gasteiger partial charge is 0.341 e. The summed E-state index contributed by atoms with van der Waals surface area (Å²) in [6, 6.07) is 8.68. The number of anilines is 1. The molecule has 0 spiro atoms. The number of aromatic nitrogens is 2. The van der Waals surface area contributed by atoms with E-state index in [1.165, 1.54) is 22.2 Å². The van der Waals surface area contributed by atoms with Gasteiger partial charge in [0.15, 0.2) is 0 Å². The number of carbonyl (C=O) groups is 2. The summed E-state index contributed by atoms with van der Waals surface area (Å²) in [5.41, 5.74) is 0.618. The molecule has 0 unspecified atom stereocenters. The zero-order valence-corrected chi connectivity index (χ0v) is 15.8. The van der Waals surface area contributed by atoms with Crippen LogP contribution in [0.1, 0.15) is 29.1 Å². The summed E-state index contributed by atoms with van der Waals surface area (Å²) in [5.74, 6) is -0.891. The zero-order valence-electron chi connectivity index (χ0n) is 15.0. The molecule has 8 heteroatoms. The third-order valence-electron chi connectivity index (χ3n) is 3.93. The van der Waals surface area contributed by atoms with Crippen molar-refractivity contribution in [3.05, 3.63) is 57.5 Å². The van der Waals surface area contributed by atoms with E-state index in [9.17, 15) is 14.4 Å². The highest BCUT2D eigenvalue weighted by Gasteiger charge is 2.19. The van der Waals surface area contributed by atoms with Crippen LogP contribution in [-0.4, -0.2) is 28.0 Å². The molecule has 0 atom stereocenters. The standard InChI is InChI=1S/C19H19N3O4S/c1-3-12-9-14(19(25)26-4-2)17(27-12)21-16(23)10-22-11-20-15-8-6-5-7-13(15)18(22)24/h5-9,11H,3-4,10H2,1-2H3,(H,21,23). The third kappa shape index (κ3) is 4.06. The van der Waals surface area contributed by atoms with E-state index in [-0.39, 0.29) is 18.7 Å². The maximum atomic E-state index is 12.5. The van der Waals surface area contributed by atoms with Gasteiger partial charge in [0.25, 0.3) is 5.56 Å². The molecule has 140 valence electrons. The molecule has 2 aromatic heterocycles. The van der Waals surface area contributed by atoms with Crippen LogP contribution in [0.3, 0.4) is 0 Å². The predicted octanol–water partition coefficient (Wildman–Crippen LogP) is 2.84. The van der Waals surface area contributed by atoms with Crippen molar-refractivity contribution in [1.29, 1.82) is 0 Å². The molecule has 0 aliphatic carbocycles. The number of nitrogens with zero attached hydrogens (tertiary/aromatic N) is 2. The van der Waals surface area contributed by atoms with Crippen molar-refractivity contribution >= 4 is 39.1 Å². The molecule has 7 nitrogen and oxygen atoms in total. The molecular weight excluding hydrogens is 366 g/mol. The number of amides is 1.